The van der Waals surface area contributed by atoms with Crippen molar-refractivity contribution in [1.82, 2.24) is 19.8 Å². The lowest BCUT2D eigenvalue weighted by Crippen LogP contribution is -2.59. The molecule has 3 heterocycles. The van der Waals surface area contributed by atoms with Gasteiger partial charge in [0, 0.05) is 51.2 Å². The number of carbonyl (C=O) groups is 1. The Labute approximate surface area is 160 Å². The number of piperazine rings is 1. The Balaban J connectivity index is 1.37. The molecule has 4 rings (SSSR count). The second-order valence-corrected chi connectivity index (χ2v) is 7.57. The molecule has 6 heteroatoms. The third-order valence-electron chi connectivity index (χ3n) is 5.82. The average Bonchev–Trinajstić information content (AvgIpc) is 2.72. The van der Waals surface area contributed by atoms with Gasteiger partial charge in [-0.25, -0.2) is 9.97 Å². The van der Waals surface area contributed by atoms with Crippen LogP contribution in [0.3, 0.4) is 0 Å². The predicted octanol–water partition coefficient (Wildman–Crippen LogP) is 2.21. The Morgan fingerprint density at radius 2 is 1.70 bits per heavy atom. The van der Waals surface area contributed by atoms with Crippen LogP contribution in [0.4, 0.5) is 5.95 Å². The number of aromatic nitrogens is 2. The zero-order chi connectivity index (χ0) is 18.8. The first-order valence-electron chi connectivity index (χ1n) is 9.76. The molecule has 0 aliphatic carbocycles. The number of rotatable bonds is 4. The quantitative estimate of drug-likeness (QED) is 0.831. The summed E-state index contributed by atoms with van der Waals surface area (Å²) in [5.74, 6) is 1.56. The van der Waals surface area contributed by atoms with Crippen molar-refractivity contribution in [3.63, 3.8) is 0 Å². The van der Waals surface area contributed by atoms with Gasteiger partial charge in [0.1, 0.15) is 0 Å². The number of benzene rings is 1. The van der Waals surface area contributed by atoms with E-state index in [1.54, 1.807) is 12.4 Å². The van der Waals surface area contributed by atoms with E-state index in [2.05, 4.69) is 57.9 Å². The molecule has 6 nitrogen and oxygen atoms in total. The summed E-state index contributed by atoms with van der Waals surface area (Å²) in [6.07, 6.45) is 3.52. The highest BCUT2D eigenvalue weighted by atomic mass is 16.2. The first kappa shape index (κ1) is 17.9. The SMILES string of the molecule is CC1CN(C(C)C(=O)N2CCN(c3ncccn3)CC2)C1c1ccccc1. The smallest absolute Gasteiger partial charge is 0.239 e. The first-order chi connectivity index (χ1) is 13.1. The molecule has 2 aliphatic heterocycles. The normalized spacial score (nSPS) is 24.4. The Morgan fingerprint density at radius 1 is 1.04 bits per heavy atom. The molecule has 0 bridgehead atoms. The fourth-order valence-electron chi connectivity index (χ4n) is 4.29. The molecular weight excluding hydrogens is 338 g/mol. The van der Waals surface area contributed by atoms with Crippen LogP contribution in [0.15, 0.2) is 48.8 Å². The van der Waals surface area contributed by atoms with Crippen molar-refractivity contribution < 1.29 is 4.79 Å². The van der Waals surface area contributed by atoms with Gasteiger partial charge in [-0.3, -0.25) is 9.69 Å². The van der Waals surface area contributed by atoms with Gasteiger partial charge in [0.05, 0.1) is 6.04 Å². The minimum absolute atomic E-state index is 0.0917. The molecule has 2 fully saturated rings. The maximum Gasteiger partial charge on any atom is 0.239 e. The van der Waals surface area contributed by atoms with E-state index >= 15 is 0 Å². The van der Waals surface area contributed by atoms with Gasteiger partial charge in [-0.2, -0.15) is 0 Å². The van der Waals surface area contributed by atoms with Gasteiger partial charge in [0.25, 0.3) is 0 Å². The number of carbonyl (C=O) groups excluding carboxylic acids is 1. The fraction of sp³-hybridized carbons (Fsp3) is 0.476. The Bertz CT molecular complexity index is 761. The van der Waals surface area contributed by atoms with Gasteiger partial charge in [-0.1, -0.05) is 37.3 Å². The van der Waals surface area contributed by atoms with Crippen molar-refractivity contribution in [2.24, 2.45) is 5.92 Å². The number of hydrogen-bond donors (Lipinski definition) is 0. The van der Waals surface area contributed by atoms with Crippen molar-refractivity contribution in [3.05, 3.63) is 54.4 Å². The van der Waals surface area contributed by atoms with Crippen molar-refractivity contribution in [2.45, 2.75) is 25.9 Å². The predicted molar refractivity (Wildman–Crippen MR) is 105 cm³/mol. The zero-order valence-electron chi connectivity index (χ0n) is 16.0. The summed E-state index contributed by atoms with van der Waals surface area (Å²) in [5, 5.41) is 0. The first-order valence-corrected chi connectivity index (χ1v) is 9.76. The standard InChI is InChI=1S/C21H27N5O/c1-16-15-26(19(16)18-7-4-3-5-8-18)17(2)20(27)24-11-13-25(14-12-24)21-22-9-6-10-23-21/h3-10,16-17,19H,11-15H2,1-2H3. The van der Waals surface area contributed by atoms with E-state index in [4.69, 9.17) is 0 Å². The number of anilines is 1. The van der Waals surface area contributed by atoms with Crippen LogP contribution in [-0.2, 0) is 4.79 Å². The minimum Gasteiger partial charge on any atom is -0.338 e. The van der Waals surface area contributed by atoms with Crippen LogP contribution < -0.4 is 4.90 Å². The molecule has 142 valence electrons. The fourth-order valence-corrected chi connectivity index (χ4v) is 4.29. The van der Waals surface area contributed by atoms with Crippen LogP contribution in [0, 0.1) is 5.92 Å². The third kappa shape index (κ3) is 3.54. The van der Waals surface area contributed by atoms with E-state index in [1.165, 1.54) is 5.56 Å². The molecule has 0 saturated carbocycles. The van der Waals surface area contributed by atoms with E-state index in [0.717, 1.165) is 38.7 Å². The van der Waals surface area contributed by atoms with Crippen molar-refractivity contribution >= 4 is 11.9 Å². The van der Waals surface area contributed by atoms with E-state index in [-0.39, 0.29) is 11.9 Å². The Morgan fingerprint density at radius 3 is 2.33 bits per heavy atom. The van der Waals surface area contributed by atoms with Gasteiger partial charge in [0.15, 0.2) is 0 Å². The number of amides is 1. The van der Waals surface area contributed by atoms with Crippen LogP contribution >= 0.6 is 0 Å². The average molecular weight is 365 g/mol. The van der Waals surface area contributed by atoms with E-state index in [9.17, 15) is 4.79 Å². The molecule has 2 aromatic rings. The summed E-state index contributed by atoms with van der Waals surface area (Å²) in [7, 11) is 0. The highest BCUT2D eigenvalue weighted by Crippen LogP contribution is 2.40. The molecule has 1 amide bonds. The van der Waals surface area contributed by atoms with Crippen LogP contribution in [0.2, 0.25) is 0 Å². The van der Waals surface area contributed by atoms with Crippen LogP contribution in [-0.4, -0.2) is 64.4 Å². The molecule has 0 N–H and O–H groups in total. The number of likely N-dealkylation sites (tertiary alicyclic amines) is 1. The molecule has 2 aliphatic rings. The van der Waals surface area contributed by atoms with Crippen LogP contribution in [0.5, 0.6) is 0 Å². The maximum absolute atomic E-state index is 13.1. The lowest BCUT2D eigenvalue weighted by atomic mass is 9.83. The molecule has 27 heavy (non-hydrogen) atoms. The summed E-state index contributed by atoms with van der Waals surface area (Å²) >= 11 is 0. The van der Waals surface area contributed by atoms with Gasteiger partial charge >= 0.3 is 0 Å². The summed E-state index contributed by atoms with van der Waals surface area (Å²) in [6.45, 7) is 8.30. The number of hydrogen-bond acceptors (Lipinski definition) is 5. The van der Waals surface area contributed by atoms with Gasteiger partial charge in [0.2, 0.25) is 11.9 Å². The van der Waals surface area contributed by atoms with Crippen LogP contribution in [0.1, 0.15) is 25.5 Å². The van der Waals surface area contributed by atoms with Crippen LogP contribution in [0.25, 0.3) is 0 Å². The van der Waals surface area contributed by atoms with Gasteiger partial charge in [-0.05, 0) is 24.5 Å². The summed E-state index contributed by atoms with van der Waals surface area (Å²) in [5.41, 5.74) is 1.31. The van der Waals surface area contributed by atoms with E-state index in [0.29, 0.717) is 12.0 Å². The van der Waals surface area contributed by atoms with Crippen molar-refractivity contribution in [2.75, 3.05) is 37.6 Å². The molecule has 3 atom stereocenters. The zero-order valence-corrected chi connectivity index (χ0v) is 16.0. The monoisotopic (exact) mass is 365 g/mol. The molecular formula is C21H27N5O. The van der Waals surface area contributed by atoms with E-state index < -0.39 is 0 Å². The maximum atomic E-state index is 13.1. The summed E-state index contributed by atoms with van der Waals surface area (Å²) < 4.78 is 0. The number of nitrogens with zero attached hydrogens (tertiary/aromatic N) is 5. The molecule has 3 unspecified atom stereocenters. The van der Waals surface area contributed by atoms with Gasteiger partial charge < -0.3 is 9.80 Å². The van der Waals surface area contributed by atoms with Crippen molar-refractivity contribution in [1.29, 1.82) is 0 Å². The Hall–Kier alpha value is -2.47. The van der Waals surface area contributed by atoms with Crippen molar-refractivity contribution in [3.8, 4) is 0 Å². The second kappa shape index (κ2) is 7.64. The molecule has 0 spiro atoms. The summed E-state index contributed by atoms with van der Waals surface area (Å²) in [6, 6.07) is 12.6. The van der Waals surface area contributed by atoms with E-state index in [1.807, 2.05) is 17.0 Å². The second-order valence-electron chi connectivity index (χ2n) is 7.57. The molecule has 1 aromatic carbocycles. The lowest BCUT2D eigenvalue weighted by molar-refractivity contribution is -0.142. The topological polar surface area (TPSA) is 52.6 Å². The lowest BCUT2D eigenvalue weighted by Gasteiger charge is -2.50. The summed E-state index contributed by atoms with van der Waals surface area (Å²) in [4.78, 5) is 28.2. The third-order valence-corrected chi connectivity index (χ3v) is 5.82. The highest BCUT2D eigenvalue weighted by Gasteiger charge is 2.42. The highest BCUT2D eigenvalue weighted by molar-refractivity contribution is 5.82. The molecule has 0 radical (unpaired) electrons. The molecule has 1 aromatic heterocycles. The largest absolute Gasteiger partial charge is 0.338 e. The van der Waals surface area contributed by atoms with Gasteiger partial charge in [-0.15, -0.1) is 0 Å². The minimum atomic E-state index is -0.0917. The molecule has 2 saturated heterocycles. The Kier molecular flexibility index (Phi) is 5.07.